The van der Waals surface area contributed by atoms with Crippen molar-refractivity contribution in [3.8, 4) is 0 Å². The number of benzene rings is 5. The molecule has 0 radical (unpaired) electrons. The minimum absolute atomic E-state index is 0.0913. The fourth-order valence-corrected chi connectivity index (χ4v) is 23.9. The van der Waals surface area contributed by atoms with Gasteiger partial charge in [-0.05, 0) is 47.1 Å². The van der Waals surface area contributed by atoms with Crippen molar-refractivity contribution in [1.82, 2.24) is 4.31 Å². The van der Waals surface area contributed by atoms with E-state index in [1.807, 2.05) is 23.4 Å². The third kappa shape index (κ3) is 6.29. The molecule has 0 bridgehead atoms. The van der Waals surface area contributed by atoms with E-state index in [1.165, 1.54) is 20.7 Å². The Hall–Kier alpha value is -3.56. The highest BCUT2D eigenvalue weighted by Gasteiger charge is 2.59. The number of nitrogens with zero attached hydrogens (tertiary/aromatic N) is 1. The van der Waals surface area contributed by atoms with Gasteiger partial charge in [-0.3, -0.25) is 0 Å². The molecule has 0 spiro atoms. The highest BCUT2D eigenvalue weighted by atomic mass is 32.2. The number of hydrogen-bond donors (Lipinski definition) is 0. The van der Waals surface area contributed by atoms with Crippen molar-refractivity contribution in [2.45, 2.75) is 87.5 Å². The van der Waals surface area contributed by atoms with Crippen molar-refractivity contribution in [3.05, 3.63) is 151 Å². The first-order valence-electron chi connectivity index (χ1n) is 18.0. The fourth-order valence-electron chi connectivity index (χ4n) is 9.42. The Balaban J connectivity index is 1.61. The zero-order valence-electron chi connectivity index (χ0n) is 30.8. The molecule has 0 aliphatic carbocycles. The highest BCUT2D eigenvalue weighted by molar-refractivity contribution is 7.89. The average Bonchev–Trinajstić information content (AvgIpc) is 3.53. The molecule has 0 aromatic heterocycles. The Labute approximate surface area is 303 Å². The van der Waals surface area contributed by atoms with Crippen LogP contribution in [0.4, 0.5) is 0 Å². The third-order valence-corrected chi connectivity index (χ3v) is 26.3. The van der Waals surface area contributed by atoms with Crippen molar-refractivity contribution < 1.29 is 8.42 Å². The summed E-state index contributed by atoms with van der Waals surface area (Å²) < 4.78 is 32.2. The van der Waals surface area contributed by atoms with Crippen LogP contribution in [0, 0.1) is 6.92 Å². The van der Waals surface area contributed by atoms with Gasteiger partial charge in [-0.25, -0.2) is 8.42 Å². The molecule has 0 saturated carbocycles. The van der Waals surface area contributed by atoms with Gasteiger partial charge in [0, 0.05) is 12.6 Å². The van der Waals surface area contributed by atoms with Crippen LogP contribution in [0.1, 0.15) is 53.5 Å². The van der Waals surface area contributed by atoms with E-state index in [4.69, 9.17) is 0 Å². The topological polar surface area (TPSA) is 37.4 Å². The van der Waals surface area contributed by atoms with Crippen LogP contribution in [0.5, 0.6) is 0 Å². The predicted molar refractivity (Wildman–Crippen MR) is 217 cm³/mol. The molecule has 1 saturated heterocycles. The number of aryl methyl sites for hydroxylation is 1. The van der Waals surface area contributed by atoms with Gasteiger partial charge >= 0.3 is 0 Å². The Kier molecular flexibility index (Phi) is 10.1. The normalized spacial score (nSPS) is 17.9. The van der Waals surface area contributed by atoms with Gasteiger partial charge in [0.15, 0.2) is 0 Å². The van der Waals surface area contributed by atoms with Gasteiger partial charge < -0.3 is 0 Å². The summed E-state index contributed by atoms with van der Waals surface area (Å²) in [6.07, 6.45) is 0.822. The lowest BCUT2D eigenvalue weighted by Gasteiger charge is -2.48. The minimum Gasteiger partial charge on any atom is -0.207 e. The predicted octanol–water partition coefficient (Wildman–Crippen LogP) is 8.25. The maximum atomic E-state index is 15.1. The second kappa shape index (κ2) is 13.9. The monoisotopic (exact) mass is 715 g/mol. The molecule has 50 heavy (non-hydrogen) atoms. The Bertz CT molecular complexity index is 1890. The maximum Gasteiger partial charge on any atom is 0.243 e. The van der Waals surface area contributed by atoms with Crippen LogP contribution >= 0.6 is 0 Å². The van der Waals surface area contributed by atoms with Crippen LogP contribution in [0.3, 0.4) is 0 Å². The van der Waals surface area contributed by atoms with Gasteiger partial charge in [-0.15, -0.1) is 0 Å². The van der Waals surface area contributed by atoms with Crippen LogP contribution in [-0.2, 0) is 10.0 Å². The van der Waals surface area contributed by atoms with E-state index in [2.05, 4.69) is 163 Å². The van der Waals surface area contributed by atoms with Crippen molar-refractivity contribution in [2.24, 2.45) is 0 Å². The van der Waals surface area contributed by atoms with Gasteiger partial charge in [0.25, 0.3) is 0 Å². The zero-order chi connectivity index (χ0) is 35.8. The standard InChI is InChI=1S/C44H53NO2SSi2/c1-35-28-30-37(31-29-35)48(46,47)45-33-42(50(44(5,6)7,40-24-16-10-17-25-40)41-26-18-11-19-27-41)32-36(45)34-49(43(2,3)4,38-20-12-8-13-21-38)39-22-14-9-15-23-39/h8-31,36,42H,32-34H2,1-7H3/t36-,42+/m0/s1. The SMILES string of the molecule is Cc1ccc(S(=O)(=O)N2C[C@H]([Si](c3ccccc3)(c3ccccc3)C(C)(C)C)C[C@H]2C[Si](c2ccccc2)(c2ccccc2)C(C)(C)C)cc1. The van der Waals surface area contributed by atoms with E-state index < -0.39 is 26.2 Å². The Morgan fingerprint density at radius 2 is 0.980 bits per heavy atom. The molecule has 5 aromatic carbocycles. The molecule has 6 rings (SSSR count). The molecule has 6 heteroatoms. The van der Waals surface area contributed by atoms with Gasteiger partial charge in [0.2, 0.25) is 10.0 Å². The molecule has 0 unspecified atom stereocenters. The summed E-state index contributed by atoms with van der Waals surface area (Å²) in [4.78, 5) is 0.388. The summed E-state index contributed by atoms with van der Waals surface area (Å²) in [5, 5.41) is 5.29. The van der Waals surface area contributed by atoms with Crippen molar-refractivity contribution in [2.75, 3.05) is 6.54 Å². The van der Waals surface area contributed by atoms with Gasteiger partial charge in [-0.2, -0.15) is 4.31 Å². The largest absolute Gasteiger partial charge is 0.243 e. The molecular weight excluding hydrogens is 663 g/mol. The average molecular weight is 716 g/mol. The van der Waals surface area contributed by atoms with Crippen LogP contribution in [0.25, 0.3) is 0 Å². The first-order chi connectivity index (χ1) is 23.7. The highest BCUT2D eigenvalue weighted by Crippen LogP contribution is 2.51. The van der Waals surface area contributed by atoms with Gasteiger partial charge in [0.1, 0.15) is 16.1 Å². The summed E-state index contributed by atoms with van der Waals surface area (Å²) in [5.74, 6) is 0. The Morgan fingerprint density at radius 1 is 0.580 bits per heavy atom. The molecule has 3 nitrogen and oxygen atoms in total. The molecule has 1 heterocycles. The van der Waals surface area contributed by atoms with Gasteiger partial charge in [0.05, 0.1) is 4.90 Å². The van der Waals surface area contributed by atoms with E-state index in [0.29, 0.717) is 11.4 Å². The van der Waals surface area contributed by atoms with E-state index in [1.54, 1.807) is 12.1 Å². The van der Waals surface area contributed by atoms with E-state index in [0.717, 1.165) is 18.0 Å². The molecule has 1 aliphatic heterocycles. The van der Waals surface area contributed by atoms with Crippen LogP contribution < -0.4 is 20.7 Å². The Morgan fingerprint density at radius 3 is 1.36 bits per heavy atom. The van der Waals surface area contributed by atoms with Gasteiger partial charge in [-0.1, -0.05) is 201 Å². The lowest BCUT2D eigenvalue weighted by atomic mass is 10.2. The van der Waals surface area contributed by atoms with Crippen molar-refractivity contribution in [3.63, 3.8) is 0 Å². The first-order valence-corrected chi connectivity index (χ1v) is 23.8. The summed E-state index contributed by atoms with van der Waals surface area (Å²) in [7, 11) is -9.10. The third-order valence-electron chi connectivity index (χ3n) is 11.6. The van der Waals surface area contributed by atoms with Crippen molar-refractivity contribution >= 4 is 46.9 Å². The van der Waals surface area contributed by atoms with E-state index >= 15 is 8.42 Å². The van der Waals surface area contributed by atoms with E-state index in [-0.39, 0.29) is 21.7 Å². The molecule has 5 aromatic rings. The number of sulfonamides is 1. The summed E-state index contributed by atoms with van der Waals surface area (Å²) in [6, 6.07) is 52.3. The number of rotatable bonds is 9. The number of hydrogen-bond acceptors (Lipinski definition) is 2. The second-order valence-electron chi connectivity index (χ2n) is 16.4. The summed E-state index contributed by atoms with van der Waals surface area (Å²) in [5.41, 5.74) is 1.22. The molecule has 0 amide bonds. The lowest BCUT2D eigenvalue weighted by molar-refractivity contribution is 0.404. The lowest BCUT2D eigenvalue weighted by Crippen LogP contribution is -2.67. The first kappa shape index (κ1) is 36.2. The summed E-state index contributed by atoms with van der Waals surface area (Å²) >= 11 is 0. The van der Waals surface area contributed by atoms with Crippen molar-refractivity contribution in [1.29, 1.82) is 0 Å². The molecule has 0 N–H and O–H groups in total. The molecule has 1 aliphatic rings. The maximum absolute atomic E-state index is 15.1. The molecule has 260 valence electrons. The smallest absolute Gasteiger partial charge is 0.207 e. The fraction of sp³-hybridized carbons (Fsp3) is 0.318. The van der Waals surface area contributed by atoms with Crippen LogP contribution in [0.15, 0.2) is 150 Å². The molecule has 1 fully saturated rings. The quantitative estimate of drug-likeness (QED) is 0.144. The molecular formula is C44H53NO2SSi2. The van der Waals surface area contributed by atoms with Crippen LogP contribution in [-0.4, -0.2) is 41.5 Å². The summed E-state index contributed by atoms with van der Waals surface area (Å²) in [6.45, 7) is 16.9. The minimum atomic E-state index is -3.81. The van der Waals surface area contributed by atoms with Crippen LogP contribution in [0.2, 0.25) is 21.7 Å². The molecule has 2 atom stereocenters. The zero-order valence-corrected chi connectivity index (χ0v) is 33.6. The second-order valence-corrected chi connectivity index (χ2v) is 28.2. The van der Waals surface area contributed by atoms with E-state index in [9.17, 15) is 0 Å².